The molecule has 0 spiro atoms. The zero-order valence-electron chi connectivity index (χ0n) is 13.4. The van der Waals surface area contributed by atoms with E-state index in [0.717, 1.165) is 35.6 Å². The van der Waals surface area contributed by atoms with E-state index in [9.17, 15) is 10.2 Å². The molecule has 3 heteroatoms. The minimum atomic E-state index is 0.0163. The fourth-order valence-corrected chi connectivity index (χ4v) is 2.30. The van der Waals surface area contributed by atoms with Crippen molar-refractivity contribution in [2.45, 2.75) is 39.7 Å². The molecule has 1 heterocycles. The second kappa shape index (κ2) is 7.21. The second-order valence-corrected chi connectivity index (χ2v) is 6.26. The average Bonchev–Trinajstić information content (AvgIpc) is 2.47. The highest BCUT2D eigenvalue weighted by Gasteiger charge is 2.21. The highest BCUT2D eigenvalue weighted by Crippen LogP contribution is 2.36. The molecule has 0 amide bonds. The van der Waals surface area contributed by atoms with E-state index in [1.165, 1.54) is 0 Å². The monoisotopic (exact) mass is 300 g/mol. The molecule has 0 aromatic heterocycles. The molecule has 1 aliphatic rings. The lowest BCUT2D eigenvalue weighted by atomic mass is 9.97. The largest absolute Gasteiger partial charge is 0.508 e. The highest BCUT2D eigenvalue weighted by atomic mass is 16.5. The van der Waals surface area contributed by atoms with Crippen LogP contribution in [0.5, 0.6) is 17.2 Å². The predicted octanol–water partition coefficient (Wildman–Crippen LogP) is 4.83. The number of fused-ring (bicyclic) bond motifs is 1. The summed E-state index contributed by atoms with van der Waals surface area (Å²) < 4.78 is 5.92. The minimum absolute atomic E-state index is 0.0163. The number of hydrogen-bond donors (Lipinski definition) is 2. The molecule has 1 aliphatic heterocycles. The van der Waals surface area contributed by atoms with Gasteiger partial charge in [-0.2, -0.15) is 0 Å². The third-order valence-corrected chi connectivity index (χ3v) is 3.25. The van der Waals surface area contributed by atoms with Crippen molar-refractivity contribution in [2.75, 3.05) is 0 Å². The second-order valence-electron chi connectivity index (χ2n) is 6.26. The van der Waals surface area contributed by atoms with Gasteiger partial charge < -0.3 is 14.9 Å². The molecule has 22 heavy (non-hydrogen) atoms. The number of phenolic OH excluding ortho intramolecular Hbond substituents is 2. The molecule has 2 aromatic rings. The van der Waals surface area contributed by atoms with Gasteiger partial charge >= 0.3 is 0 Å². The van der Waals surface area contributed by atoms with Crippen molar-refractivity contribution in [3.8, 4) is 17.2 Å². The van der Waals surface area contributed by atoms with E-state index < -0.39 is 0 Å². The third kappa shape index (κ3) is 4.42. The summed E-state index contributed by atoms with van der Waals surface area (Å²) in [7, 11) is 0. The number of rotatable bonds is 1. The Kier molecular flexibility index (Phi) is 5.31. The minimum Gasteiger partial charge on any atom is -0.508 e. The summed E-state index contributed by atoms with van der Waals surface area (Å²) in [6, 6.07) is 12.3. The maximum Gasteiger partial charge on any atom is 0.124 e. The van der Waals surface area contributed by atoms with Gasteiger partial charge in [-0.1, -0.05) is 32.9 Å². The van der Waals surface area contributed by atoms with Crippen LogP contribution in [0.1, 0.15) is 44.4 Å². The Hall–Kier alpha value is -2.16. The summed E-state index contributed by atoms with van der Waals surface area (Å²) in [5, 5.41) is 18.7. The zero-order valence-corrected chi connectivity index (χ0v) is 13.4. The van der Waals surface area contributed by atoms with Gasteiger partial charge in [-0.3, -0.25) is 0 Å². The van der Waals surface area contributed by atoms with E-state index >= 15 is 0 Å². The van der Waals surface area contributed by atoms with Crippen LogP contribution in [0.15, 0.2) is 42.5 Å². The van der Waals surface area contributed by atoms with E-state index in [-0.39, 0.29) is 17.6 Å². The molecular formula is C19H24O3. The lowest BCUT2D eigenvalue weighted by Crippen LogP contribution is -2.14. The number of aromatic hydroxyl groups is 2. The highest BCUT2D eigenvalue weighted by molar-refractivity contribution is 5.42. The Morgan fingerprint density at radius 2 is 1.55 bits per heavy atom. The molecule has 1 atom stereocenters. The van der Waals surface area contributed by atoms with Crippen LogP contribution >= 0.6 is 0 Å². The number of aryl methyl sites for hydroxylation is 1. The predicted molar refractivity (Wildman–Crippen MR) is 88.4 cm³/mol. The zero-order chi connectivity index (χ0) is 16.1. The molecule has 2 aromatic carbocycles. The molecule has 3 nitrogen and oxygen atoms in total. The maximum absolute atomic E-state index is 9.42. The number of phenols is 2. The molecule has 0 saturated heterocycles. The Bertz CT molecular complexity index is 600. The van der Waals surface area contributed by atoms with Crippen molar-refractivity contribution in [2.24, 2.45) is 5.92 Å². The van der Waals surface area contributed by atoms with E-state index in [1.54, 1.807) is 30.3 Å². The van der Waals surface area contributed by atoms with E-state index in [4.69, 9.17) is 4.74 Å². The summed E-state index contributed by atoms with van der Waals surface area (Å²) in [6.07, 6.45) is 1.78. The van der Waals surface area contributed by atoms with Gasteiger partial charge in [-0.15, -0.1) is 0 Å². The molecule has 118 valence electrons. The first-order chi connectivity index (χ1) is 10.5. The van der Waals surface area contributed by atoms with Gasteiger partial charge in [0.05, 0.1) is 0 Å². The summed E-state index contributed by atoms with van der Waals surface area (Å²) in [4.78, 5) is 0. The first-order valence-corrected chi connectivity index (χ1v) is 7.73. The summed E-state index contributed by atoms with van der Waals surface area (Å²) in [5.74, 6) is 2.21. The lowest BCUT2D eigenvalue weighted by molar-refractivity contribution is 0.176. The molecule has 3 rings (SSSR count). The van der Waals surface area contributed by atoms with Crippen molar-refractivity contribution >= 4 is 0 Å². The van der Waals surface area contributed by atoms with Gasteiger partial charge in [0.15, 0.2) is 0 Å². The van der Waals surface area contributed by atoms with Crippen LogP contribution in [0.4, 0.5) is 0 Å². The van der Waals surface area contributed by atoms with Gasteiger partial charge in [0.25, 0.3) is 0 Å². The third-order valence-electron chi connectivity index (χ3n) is 3.25. The quantitative estimate of drug-likeness (QED) is 0.793. The Morgan fingerprint density at radius 1 is 0.955 bits per heavy atom. The molecule has 0 bridgehead atoms. The van der Waals surface area contributed by atoms with Crippen LogP contribution in [0.3, 0.4) is 0 Å². The summed E-state index contributed by atoms with van der Waals surface area (Å²) in [6.45, 7) is 6.50. The normalized spacial score (nSPS) is 16.3. The van der Waals surface area contributed by atoms with Crippen molar-refractivity contribution in [1.82, 2.24) is 0 Å². The molecule has 0 aliphatic carbocycles. The van der Waals surface area contributed by atoms with Crippen LogP contribution in [0, 0.1) is 5.92 Å². The molecular weight excluding hydrogens is 276 g/mol. The Labute approximate surface area is 132 Å². The van der Waals surface area contributed by atoms with E-state index in [0.29, 0.717) is 0 Å². The van der Waals surface area contributed by atoms with Crippen molar-refractivity contribution < 1.29 is 14.9 Å². The first-order valence-electron chi connectivity index (χ1n) is 7.73. The lowest BCUT2D eigenvalue weighted by Gasteiger charge is -2.26. The van der Waals surface area contributed by atoms with Gasteiger partial charge in [-0.25, -0.2) is 0 Å². The van der Waals surface area contributed by atoms with Crippen molar-refractivity contribution in [3.05, 3.63) is 53.6 Å². The summed E-state index contributed by atoms with van der Waals surface area (Å²) >= 11 is 0. The number of benzene rings is 2. The molecule has 0 fully saturated rings. The first kappa shape index (κ1) is 16.2. The van der Waals surface area contributed by atoms with Gasteiger partial charge in [0.2, 0.25) is 0 Å². The fraction of sp³-hybridized carbons (Fsp3) is 0.368. The van der Waals surface area contributed by atoms with Gasteiger partial charge in [-0.05, 0) is 60.2 Å². The fourth-order valence-electron chi connectivity index (χ4n) is 2.30. The topological polar surface area (TPSA) is 49.7 Å². The molecule has 0 saturated carbocycles. The van der Waals surface area contributed by atoms with Crippen LogP contribution in [0.2, 0.25) is 0 Å². The Balaban J connectivity index is 0.000000396. The molecule has 0 radical (unpaired) electrons. The number of hydrogen-bond acceptors (Lipinski definition) is 3. The van der Waals surface area contributed by atoms with Crippen molar-refractivity contribution in [3.63, 3.8) is 0 Å². The van der Waals surface area contributed by atoms with Gasteiger partial charge in [0, 0.05) is 0 Å². The van der Waals surface area contributed by atoms with E-state index in [2.05, 4.69) is 20.8 Å². The Morgan fingerprint density at radius 3 is 2.18 bits per heavy atom. The average molecular weight is 300 g/mol. The standard InChI is InChI=1S/C15H14O3.C4H10/c16-12-4-1-10(2-5-12)14-7-3-11-9-13(17)6-8-15(11)18-14;1-4(2)3/h1-2,4-6,8-9,14,16-17H,3,7H2;4H,1-3H3/t14-;/m1./s1. The van der Waals surface area contributed by atoms with Gasteiger partial charge in [0.1, 0.15) is 23.4 Å². The van der Waals surface area contributed by atoms with Crippen LogP contribution in [-0.4, -0.2) is 10.2 Å². The molecule has 2 N–H and O–H groups in total. The van der Waals surface area contributed by atoms with Crippen molar-refractivity contribution in [1.29, 1.82) is 0 Å². The number of ether oxygens (including phenoxy) is 1. The van der Waals surface area contributed by atoms with E-state index in [1.807, 2.05) is 12.1 Å². The van der Waals surface area contributed by atoms with Crippen LogP contribution < -0.4 is 4.74 Å². The SMILES string of the molecule is CC(C)C.Oc1ccc([C@H]2CCc3cc(O)ccc3O2)cc1. The smallest absolute Gasteiger partial charge is 0.124 e. The molecule has 0 unspecified atom stereocenters. The maximum atomic E-state index is 9.42. The van der Waals surface area contributed by atoms with Crippen LogP contribution in [0.25, 0.3) is 0 Å². The summed E-state index contributed by atoms with van der Waals surface area (Å²) in [5.41, 5.74) is 2.11. The van der Waals surface area contributed by atoms with Crippen LogP contribution in [-0.2, 0) is 6.42 Å².